The SMILES string of the molecule is COc1ccc(N=Nc2c(C(=O)O)nc3ccc(F)cn23)cc1. The summed E-state index contributed by atoms with van der Waals surface area (Å²) in [6, 6.07) is 9.27. The molecule has 0 spiro atoms. The maximum absolute atomic E-state index is 13.4. The number of pyridine rings is 1. The topological polar surface area (TPSA) is 88.5 Å². The van der Waals surface area contributed by atoms with Crippen LogP contribution in [0.25, 0.3) is 5.65 Å². The number of benzene rings is 1. The van der Waals surface area contributed by atoms with Crippen molar-refractivity contribution in [3.05, 3.63) is 54.1 Å². The Morgan fingerprint density at radius 1 is 1.22 bits per heavy atom. The second kappa shape index (κ2) is 5.84. The Morgan fingerprint density at radius 3 is 2.61 bits per heavy atom. The summed E-state index contributed by atoms with van der Waals surface area (Å²) in [6.07, 6.45) is 1.11. The van der Waals surface area contributed by atoms with Crippen molar-refractivity contribution >= 4 is 23.1 Å². The van der Waals surface area contributed by atoms with Crippen molar-refractivity contribution in [2.45, 2.75) is 0 Å². The van der Waals surface area contributed by atoms with Crippen molar-refractivity contribution in [3.63, 3.8) is 0 Å². The number of halogens is 1. The number of fused-ring (bicyclic) bond motifs is 1. The summed E-state index contributed by atoms with van der Waals surface area (Å²) in [5, 5.41) is 17.1. The van der Waals surface area contributed by atoms with E-state index in [2.05, 4.69) is 15.2 Å². The van der Waals surface area contributed by atoms with Gasteiger partial charge in [-0.25, -0.2) is 14.2 Å². The van der Waals surface area contributed by atoms with Crippen LogP contribution in [0.4, 0.5) is 15.9 Å². The molecule has 3 aromatic rings. The van der Waals surface area contributed by atoms with Gasteiger partial charge in [0.25, 0.3) is 0 Å². The van der Waals surface area contributed by atoms with Gasteiger partial charge in [0.15, 0.2) is 11.5 Å². The van der Waals surface area contributed by atoms with Crippen LogP contribution in [0.1, 0.15) is 10.5 Å². The lowest BCUT2D eigenvalue weighted by molar-refractivity contribution is 0.0692. The fourth-order valence-corrected chi connectivity index (χ4v) is 2.00. The highest BCUT2D eigenvalue weighted by molar-refractivity contribution is 5.91. The zero-order valence-corrected chi connectivity index (χ0v) is 12.0. The normalized spacial score (nSPS) is 11.2. The summed E-state index contributed by atoms with van der Waals surface area (Å²) >= 11 is 0. The number of methoxy groups -OCH3 is 1. The van der Waals surface area contributed by atoms with E-state index < -0.39 is 11.8 Å². The second-order valence-corrected chi connectivity index (χ2v) is 4.56. The molecule has 0 unspecified atom stereocenters. The summed E-state index contributed by atoms with van der Waals surface area (Å²) in [7, 11) is 1.54. The monoisotopic (exact) mass is 314 g/mol. The lowest BCUT2D eigenvalue weighted by Crippen LogP contribution is -1.96. The van der Waals surface area contributed by atoms with E-state index in [1.807, 2.05) is 0 Å². The summed E-state index contributed by atoms with van der Waals surface area (Å²) in [5.74, 6) is -1.19. The number of nitrogens with zero attached hydrogens (tertiary/aromatic N) is 4. The highest BCUT2D eigenvalue weighted by Crippen LogP contribution is 2.25. The Labute approximate surface area is 129 Å². The van der Waals surface area contributed by atoms with Crippen LogP contribution in [0, 0.1) is 5.82 Å². The second-order valence-electron chi connectivity index (χ2n) is 4.56. The molecule has 116 valence electrons. The summed E-state index contributed by atoms with van der Waals surface area (Å²) < 4.78 is 19.7. The Bertz CT molecular complexity index is 903. The first kappa shape index (κ1) is 14.6. The fourth-order valence-electron chi connectivity index (χ4n) is 2.00. The molecule has 0 saturated heterocycles. The third kappa shape index (κ3) is 2.86. The van der Waals surface area contributed by atoms with Crippen molar-refractivity contribution in [1.29, 1.82) is 0 Å². The van der Waals surface area contributed by atoms with Gasteiger partial charge in [0.2, 0.25) is 0 Å². The van der Waals surface area contributed by atoms with Crippen molar-refractivity contribution in [1.82, 2.24) is 9.38 Å². The van der Waals surface area contributed by atoms with E-state index >= 15 is 0 Å². The van der Waals surface area contributed by atoms with Crippen molar-refractivity contribution in [3.8, 4) is 5.75 Å². The van der Waals surface area contributed by atoms with E-state index in [1.165, 1.54) is 16.5 Å². The molecular formula is C15H11FN4O3. The number of carbonyl (C=O) groups is 1. The molecule has 0 aliphatic carbocycles. The molecule has 0 aliphatic rings. The van der Waals surface area contributed by atoms with E-state index in [0.717, 1.165) is 6.20 Å². The number of ether oxygens (including phenoxy) is 1. The van der Waals surface area contributed by atoms with Crippen LogP contribution < -0.4 is 4.74 Å². The van der Waals surface area contributed by atoms with E-state index in [-0.39, 0.29) is 17.2 Å². The van der Waals surface area contributed by atoms with E-state index in [0.29, 0.717) is 11.4 Å². The van der Waals surface area contributed by atoms with Crippen LogP contribution in [0.5, 0.6) is 5.75 Å². The van der Waals surface area contributed by atoms with Crippen LogP contribution in [0.15, 0.2) is 52.8 Å². The first-order chi connectivity index (χ1) is 11.1. The molecule has 0 atom stereocenters. The predicted octanol–water partition coefficient (Wildman–Crippen LogP) is 3.60. The minimum Gasteiger partial charge on any atom is -0.497 e. The number of azo groups is 1. The number of hydrogen-bond acceptors (Lipinski definition) is 5. The standard InChI is InChI=1S/C15H11FN4O3/c1-23-11-5-3-10(4-6-11)18-19-14-13(15(21)22)17-12-7-2-9(16)8-20(12)14/h2-8H,1H3,(H,21,22). The van der Waals surface area contributed by atoms with Crippen LogP contribution in [0.2, 0.25) is 0 Å². The smallest absolute Gasteiger partial charge is 0.358 e. The zero-order chi connectivity index (χ0) is 16.4. The van der Waals surface area contributed by atoms with Crippen molar-refractivity contribution in [2.24, 2.45) is 10.2 Å². The largest absolute Gasteiger partial charge is 0.497 e. The van der Waals surface area contributed by atoms with Gasteiger partial charge in [-0.15, -0.1) is 10.2 Å². The molecule has 0 aliphatic heterocycles. The minimum absolute atomic E-state index is 0.0529. The van der Waals surface area contributed by atoms with Crippen molar-refractivity contribution < 1.29 is 19.0 Å². The van der Waals surface area contributed by atoms with Crippen LogP contribution >= 0.6 is 0 Å². The van der Waals surface area contributed by atoms with Gasteiger partial charge in [-0.2, -0.15) is 0 Å². The minimum atomic E-state index is -1.27. The van der Waals surface area contributed by atoms with Gasteiger partial charge in [0.1, 0.15) is 17.2 Å². The van der Waals surface area contributed by atoms with Gasteiger partial charge < -0.3 is 9.84 Å². The number of carboxylic acid groups (broad SMARTS) is 1. The van der Waals surface area contributed by atoms with Crippen LogP contribution in [0.3, 0.4) is 0 Å². The molecule has 0 amide bonds. The fraction of sp³-hybridized carbons (Fsp3) is 0.0667. The average Bonchev–Trinajstić information content (AvgIpc) is 2.91. The van der Waals surface area contributed by atoms with E-state index in [1.54, 1.807) is 31.4 Å². The quantitative estimate of drug-likeness (QED) is 0.745. The summed E-state index contributed by atoms with van der Waals surface area (Å²) in [4.78, 5) is 15.2. The first-order valence-electron chi connectivity index (χ1n) is 6.55. The number of imidazole rings is 1. The van der Waals surface area contributed by atoms with Gasteiger partial charge >= 0.3 is 5.97 Å². The van der Waals surface area contributed by atoms with Gasteiger partial charge in [0.05, 0.1) is 12.8 Å². The van der Waals surface area contributed by atoms with Gasteiger partial charge in [0, 0.05) is 6.20 Å². The molecule has 0 saturated carbocycles. The lowest BCUT2D eigenvalue weighted by Gasteiger charge is -1.99. The van der Waals surface area contributed by atoms with Crippen LogP contribution in [-0.2, 0) is 0 Å². The summed E-state index contributed by atoms with van der Waals surface area (Å²) in [6.45, 7) is 0. The number of aromatic nitrogens is 2. The summed E-state index contributed by atoms with van der Waals surface area (Å²) in [5.41, 5.74) is 0.467. The number of hydrogen-bond donors (Lipinski definition) is 1. The lowest BCUT2D eigenvalue weighted by atomic mass is 10.3. The third-order valence-corrected chi connectivity index (χ3v) is 3.09. The van der Waals surface area contributed by atoms with Crippen LogP contribution in [-0.4, -0.2) is 27.6 Å². The van der Waals surface area contributed by atoms with E-state index in [4.69, 9.17) is 4.74 Å². The molecule has 2 heterocycles. The molecule has 0 radical (unpaired) electrons. The van der Waals surface area contributed by atoms with E-state index in [9.17, 15) is 14.3 Å². The number of rotatable bonds is 4. The number of aromatic carboxylic acids is 1. The Morgan fingerprint density at radius 2 is 1.96 bits per heavy atom. The molecular weight excluding hydrogens is 303 g/mol. The number of carboxylic acids is 1. The van der Waals surface area contributed by atoms with Crippen molar-refractivity contribution in [2.75, 3.05) is 7.11 Å². The Kier molecular flexibility index (Phi) is 3.71. The Balaban J connectivity index is 2.06. The molecule has 23 heavy (non-hydrogen) atoms. The van der Waals surface area contributed by atoms with Gasteiger partial charge in [-0.05, 0) is 36.4 Å². The molecule has 3 rings (SSSR count). The zero-order valence-electron chi connectivity index (χ0n) is 12.0. The maximum atomic E-state index is 13.4. The average molecular weight is 314 g/mol. The Hall–Kier alpha value is -3.29. The molecule has 0 fully saturated rings. The maximum Gasteiger partial charge on any atom is 0.358 e. The molecule has 0 bridgehead atoms. The highest BCUT2D eigenvalue weighted by Gasteiger charge is 2.18. The molecule has 8 heteroatoms. The molecule has 2 aromatic heterocycles. The predicted molar refractivity (Wildman–Crippen MR) is 79.3 cm³/mol. The first-order valence-corrected chi connectivity index (χ1v) is 6.55. The molecule has 1 aromatic carbocycles. The van der Waals surface area contributed by atoms with Gasteiger partial charge in [-0.1, -0.05) is 0 Å². The molecule has 7 nitrogen and oxygen atoms in total. The highest BCUT2D eigenvalue weighted by atomic mass is 19.1. The van der Waals surface area contributed by atoms with Gasteiger partial charge in [-0.3, -0.25) is 4.40 Å². The third-order valence-electron chi connectivity index (χ3n) is 3.09. The molecule has 1 N–H and O–H groups in total.